The summed E-state index contributed by atoms with van der Waals surface area (Å²) in [4.78, 5) is 10.8. The number of hydrogen-bond donors (Lipinski definition) is 3. The molecule has 0 heterocycles. The van der Waals surface area contributed by atoms with E-state index in [1.165, 1.54) is 0 Å². The minimum Gasteiger partial charge on any atom is -0.481 e. The molecular weight excluding hydrogens is 160 g/mol. The molecule has 1 aliphatic carbocycles. The van der Waals surface area contributed by atoms with Crippen LogP contribution >= 0.6 is 0 Å². The van der Waals surface area contributed by atoms with E-state index in [1.807, 2.05) is 0 Å². The molecule has 0 aromatic carbocycles. The number of carboxylic acid groups (broad SMARTS) is 1. The molecule has 0 atom stereocenters. The maximum Gasteiger partial charge on any atom is 0.314 e. The summed E-state index contributed by atoms with van der Waals surface area (Å²) in [5, 5.41) is 26.8. The molecule has 0 saturated heterocycles. The molecule has 1 rings (SSSR count). The molecule has 0 spiro atoms. The second-order valence-electron chi connectivity index (χ2n) is 3.40. The maximum atomic E-state index is 10.8. The van der Waals surface area contributed by atoms with Gasteiger partial charge in [0.25, 0.3) is 0 Å². The Bertz CT molecular complexity index is 170. The first-order valence-electron chi connectivity index (χ1n) is 4.19. The third kappa shape index (κ3) is 1.44. The SMILES string of the molecule is O=C(O)C1(C(O)O)CCCCC1. The van der Waals surface area contributed by atoms with E-state index in [4.69, 9.17) is 15.3 Å². The number of rotatable bonds is 2. The molecule has 12 heavy (non-hydrogen) atoms. The van der Waals surface area contributed by atoms with Crippen molar-refractivity contribution in [3.05, 3.63) is 0 Å². The van der Waals surface area contributed by atoms with Crippen LogP contribution in [0.15, 0.2) is 0 Å². The van der Waals surface area contributed by atoms with Crippen LogP contribution in [0.1, 0.15) is 32.1 Å². The van der Waals surface area contributed by atoms with Crippen molar-refractivity contribution in [2.45, 2.75) is 38.4 Å². The van der Waals surface area contributed by atoms with E-state index < -0.39 is 17.7 Å². The highest BCUT2D eigenvalue weighted by Gasteiger charge is 2.45. The second kappa shape index (κ2) is 3.41. The summed E-state index contributed by atoms with van der Waals surface area (Å²) in [6, 6.07) is 0. The van der Waals surface area contributed by atoms with Crippen LogP contribution in [0, 0.1) is 5.41 Å². The molecule has 1 aliphatic rings. The van der Waals surface area contributed by atoms with Gasteiger partial charge in [0.05, 0.1) is 0 Å². The predicted molar refractivity (Wildman–Crippen MR) is 41.4 cm³/mol. The minimum atomic E-state index is -1.73. The zero-order valence-corrected chi connectivity index (χ0v) is 6.86. The van der Waals surface area contributed by atoms with Gasteiger partial charge in [-0.05, 0) is 12.8 Å². The third-order valence-electron chi connectivity index (χ3n) is 2.67. The molecule has 70 valence electrons. The smallest absolute Gasteiger partial charge is 0.314 e. The van der Waals surface area contributed by atoms with E-state index in [0.29, 0.717) is 12.8 Å². The zero-order valence-electron chi connectivity index (χ0n) is 6.86. The Balaban J connectivity index is 2.77. The Kier molecular flexibility index (Phi) is 2.69. The van der Waals surface area contributed by atoms with Crippen LogP contribution in [0.25, 0.3) is 0 Å². The lowest BCUT2D eigenvalue weighted by molar-refractivity contribution is -0.187. The minimum absolute atomic E-state index is 0.375. The van der Waals surface area contributed by atoms with Crippen molar-refractivity contribution in [1.82, 2.24) is 0 Å². The lowest BCUT2D eigenvalue weighted by Gasteiger charge is -2.34. The van der Waals surface area contributed by atoms with Gasteiger partial charge in [0.2, 0.25) is 0 Å². The summed E-state index contributed by atoms with van der Waals surface area (Å²) < 4.78 is 0. The maximum absolute atomic E-state index is 10.8. The van der Waals surface area contributed by atoms with Crippen LogP contribution in [0.3, 0.4) is 0 Å². The molecule has 4 nitrogen and oxygen atoms in total. The van der Waals surface area contributed by atoms with Crippen molar-refractivity contribution in [2.75, 3.05) is 0 Å². The molecule has 0 aromatic heterocycles. The van der Waals surface area contributed by atoms with Gasteiger partial charge in [0.1, 0.15) is 5.41 Å². The topological polar surface area (TPSA) is 77.8 Å². The van der Waals surface area contributed by atoms with Gasteiger partial charge in [-0.3, -0.25) is 4.79 Å². The molecule has 3 N–H and O–H groups in total. The van der Waals surface area contributed by atoms with Crippen LogP contribution in [0.4, 0.5) is 0 Å². The van der Waals surface area contributed by atoms with Crippen LogP contribution in [-0.2, 0) is 4.79 Å². The summed E-state index contributed by atoms with van der Waals surface area (Å²) in [7, 11) is 0. The molecule has 0 amide bonds. The van der Waals surface area contributed by atoms with Crippen molar-refractivity contribution in [3.63, 3.8) is 0 Å². The molecular formula is C8H14O4. The van der Waals surface area contributed by atoms with Gasteiger partial charge >= 0.3 is 5.97 Å². The van der Waals surface area contributed by atoms with Crippen LogP contribution in [-0.4, -0.2) is 27.6 Å². The normalized spacial score (nSPS) is 22.6. The number of aliphatic carboxylic acids is 1. The summed E-state index contributed by atoms with van der Waals surface area (Å²) in [6.45, 7) is 0. The third-order valence-corrected chi connectivity index (χ3v) is 2.67. The number of hydrogen-bond acceptors (Lipinski definition) is 3. The van der Waals surface area contributed by atoms with E-state index in [0.717, 1.165) is 19.3 Å². The lowest BCUT2D eigenvalue weighted by atomic mass is 9.73. The van der Waals surface area contributed by atoms with Crippen molar-refractivity contribution >= 4 is 5.97 Å². The van der Waals surface area contributed by atoms with E-state index in [2.05, 4.69) is 0 Å². The first-order valence-corrected chi connectivity index (χ1v) is 4.19. The molecule has 1 fully saturated rings. The van der Waals surface area contributed by atoms with Gasteiger partial charge < -0.3 is 15.3 Å². The van der Waals surface area contributed by atoms with Crippen LogP contribution in [0.2, 0.25) is 0 Å². The van der Waals surface area contributed by atoms with Crippen molar-refractivity contribution in [1.29, 1.82) is 0 Å². The molecule has 4 heteroatoms. The van der Waals surface area contributed by atoms with Gasteiger partial charge in [-0.15, -0.1) is 0 Å². The van der Waals surface area contributed by atoms with E-state index >= 15 is 0 Å². The van der Waals surface area contributed by atoms with E-state index in [9.17, 15) is 4.79 Å². The summed E-state index contributed by atoms with van der Waals surface area (Å²) in [5.74, 6) is -1.09. The van der Waals surface area contributed by atoms with Gasteiger partial charge in [-0.25, -0.2) is 0 Å². The highest BCUT2D eigenvalue weighted by Crippen LogP contribution is 2.38. The fourth-order valence-electron chi connectivity index (χ4n) is 1.77. The van der Waals surface area contributed by atoms with E-state index in [1.54, 1.807) is 0 Å². The molecule has 0 bridgehead atoms. The van der Waals surface area contributed by atoms with Gasteiger partial charge in [-0.1, -0.05) is 19.3 Å². The zero-order chi connectivity index (χ0) is 9.19. The quantitative estimate of drug-likeness (QED) is 0.527. The van der Waals surface area contributed by atoms with Crippen molar-refractivity contribution in [2.24, 2.45) is 5.41 Å². The van der Waals surface area contributed by atoms with Gasteiger partial charge in [-0.2, -0.15) is 0 Å². The first kappa shape index (κ1) is 9.48. The monoisotopic (exact) mass is 174 g/mol. The summed E-state index contributed by atoms with van der Waals surface area (Å²) in [6.07, 6.45) is 1.55. The van der Waals surface area contributed by atoms with Crippen molar-refractivity contribution in [3.8, 4) is 0 Å². The van der Waals surface area contributed by atoms with Gasteiger partial charge in [0, 0.05) is 0 Å². The highest BCUT2D eigenvalue weighted by atomic mass is 16.5. The Hall–Kier alpha value is -0.610. The lowest BCUT2D eigenvalue weighted by Crippen LogP contribution is -2.43. The fourth-order valence-corrected chi connectivity index (χ4v) is 1.77. The number of aliphatic hydroxyl groups is 2. The van der Waals surface area contributed by atoms with Gasteiger partial charge in [0.15, 0.2) is 6.29 Å². The largest absolute Gasteiger partial charge is 0.481 e. The predicted octanol–water partition coefficient (Wildman–Crippen LogP) is 0.332. The van der Waals surface area contributed by atoms with Crippen molar-refractivity contribution < 1.29 is 20.1 Å². The summed E-state index contributed by atoms with van der Waals surface area (Å²) >= 11 is 0. The molecule has 1 saturated carbocycles. The Morgan fingerprint density at radius 3 is 1.92 bits per heavy atom. The highest BCUT2D eigenvalue weighted by molar-refractivity contribution is 5.75. The number of aliphatic hydroxyl groups excluding tert-OH is 1. The van der Waals surface area contributed by atoms with E-state index in [-0.39, 0.29) is 0 Å². The average molecular weight is 174 g/mol. The number of carbonyl (C=O) groups is 1. The Morgan fingerprint density at radius 2 is 1.67 bits per heavy atom. The standard InChI is InChI=1S/C8H14O4/c9-6(10)8(7(11)12)4-2-1-3-5-8/h6,9-10H,1-5H2,(H,11,12). The Morgan fingerprint density at radius 1 is 1.17 bits per heavy atom. The molecule has 0 unspecified atom stereocenters. The molecule has 0 aliphatic heterocycles. The average Bonchev–Trinajstić information content (AvgIpc) is 2.05. The second-order valence-corrected chi connectivity index (χ2v) is 3.40. The number of carboxylic acids is 1. The Labute approximate surface area is 70.8 Å². The summed E-state index contributed by atoms with van der Waals surface area (Å²) in [5.41, 5.74) is -1.29. The van der Waals surface area contributed by atoms with Crippen LogP contribution in [0.5, 0.6) is 0 Å². The van der Waals surface area contributed by atoms with Crippen LogP contribution < -0.4 is 0 Å². The first-order chi connectivity index (χ1) is 5.59. The molecule has 0 aromatic rings. The molecule has 0 radical (unpaired) electrons. The fraction of sp³-hybridized carbons (Fsp3) is 0.875.